The normalized spacial score (nSPS) is 18.9. The van der Waals surface area contributed by atoms with Crippen LogP contribution in [0.3, 0.4) is 0 Å². The fourth-order valence-corrected chi connectivity index (χ4v) is 3.74. The third-order valence-corrected chi connectivity index (χ3v) is 5.36. The molecule has 0 bridgehead atoms. The van der Waals surface area contributed by atoms with Crippen molar-refractivity contribution in [2.45, 2.75) is 51.5 Å². The fraction of sp³-hybridized carbons (Fsp3) is 0.364. The SMILES string of the molecule is Cc1cc(C2=NOC(c3cc(Cl)c(F)c(Cl)c3)(C(F)(F)F)C2)ccc1C(=O)OC(C)(C)C. The molecule has 0 saturated heterocycles. The van der Waals surface area contributed by atoms with Crippen molar-refractivity contribution in [3.8, 4) is 0 Å². The average molecular weight is 492 g/mol. The number of esters is 1. The van der Waals surface area contributed by atoms with Gasteiger partial charge in [-0.2, -0.15) is 13.2 Å². The third-order valence-electron chi connectivity index (χ3n) is 4.81. The van der Waals surface area contributed by atoms with Crippen molar-refractivity contribution in [1.29, 1.82) is 0 Å². The lowest BCUT2D eigenvalue weighted by atomic mass is 9.86. The molecule has 0 aromatic heterocycles. The van der Waals surface area contributed by atoms with Crippen LogP contribution in [0.25, 0.3) is 0 Å². The number of nitrogens with zero attached hydrogens (tertiary/aromatic N) is 1. The van der Waals surface area contributed by atoms with E-state index in [1.54, 1.807) is 27.7 Å². The van der Waals surface area contributed by atoms with Crippen LogP contribution in [-0.2, 0) is 15.2 Å². The number of carbonyl (C=O) groups excluding carboxylic acids is 1. The van der Waals surface area contributed by atoms with E-state index in [2.05, 4.69) is 5.16 Å². The monoisotopic (exact) mass is 491 g/mol. The summed E-state index contributed by atoms with van der Waals surface area (Å²) in [5.41, 5.74) is -2.95. The van der Waals surface area contributed by atoms with Gasteiger partial charge in [-0.25, -0.2) is 9.18 Å². The second-order valence-corrected chi connectivity index (χ2v) is 9.23. The highest BCUT2D eigenvalue weighted by molar-refractivity contribution is 6.35. The topological polar surface area (TPSA) is 47.9 Å². The largest absolute Gasteiger partial charge is 0.456 e. The van der Waals surface area contributed by atoms with E-state index in [0.29, 0.717) is 11.1 Å². The van der Waals surface area contributed by atoms with Crippen molar-refractivity contribution in [3.05, 3.63) is 68.4 Å². The standard InChI is InChI=1S/C22H19Cl2F4NO3/c1-11-7-12(5-6-14(11)19(30)31-20(2,3)4)17-10-21(32-29-17,22(26,27)28)13-8-15(23)18(25)16(24)9-13/h5-9H,10H2,1-4H3. The lowest BCUT2D eigenvalue weighted by Crippen LogP contribution is -2.42. The molecule has 0 saturated carbocycles. The maximum absolute atomic E-state index is 14.1. The van der Waals surface area contributed by atoms with Crippen LogP contribution in [0, 0.1) is 12.7 Å². The predicted molar refractivity (Wildman–Crippen MR) is 113 cm³/mol. The molecule has 4 nitrogen and oxygen atoms in total. The molecular formula is C22H19Cl2F4NO3. The summed E-state index contributed by atoms with van der Waals surface area (Å²) in [5, 5.41) is 2.53. The Morgan fingerprint density at radius 3 is 2.22 bits per heavy atom. The van der Waals surface area contributed by atoms with Crippen LogP contribution in [0.15, 0.2) is 35.5 Å². The summed E-state index contributed by atoms with van der Waals surface area (Å²) in [6, 6.07) is 6.10. The van der Waals surface area contributed by atoms with Gasteiger partial charge in [0.1, 0.15) is 5.60 Å². The number of aryl methyl sites for hydroxylation is 1. The van der Waals surface area contributed by atoms with Crippen molar-refractivity contribution in [1.82, 2.24) is 0 Å². The molecule has 2 aromatic carbocycles. The highest BCUT2D eigenvalue weighted by atomic mass is 35.5. The van der Waals surface area contributed by atoms with E-state index in [1.807, 2.05) is 0 Å². The smallest absolute Gasteiger partial charge is 0.435 e. The van der Waals surface area contributed by atoms with Crippen molar-refractivity contribution >= 4 is 34.9 Å². The van der Waals surface area contributed by atoms with Crippen LogP contribution in [-0.4, -0.2) is 23.5 Å². The molecule has 0 N–H and O–H groups in total. The van der Waals surface area contributed by atoms with E-state index in [-0.39, 0.29) is 11.3 Å². The van der Waals surface area contributed by atoms with Crippen LogP contribution in [0.1, 0.15) is 54.2 Å². The molecule has 32 heavy (non-hydrogen) atoms. The van der Waals surface area contributed by atoms with E-state index >= 15 is 0 Å². The van der Waals surface area contributed by atoms with Gasteiger partial charge < -0.3 is 9.57 Å². The minimum absolute atomic E-state index is 0.00210. The van der Waals surface area contributed by atoms with E-state index < -0.39 is 51.2 Å². The Hall–Kier alpha value is -2.32. The minimum Gasteiger partial charge on any atom is -0.456 e. The van der Waals surface area contributed by atoms with Gasteiger partial charge in [0.05, 0.1) is 21.3 Å². The molecule has 1 atom stereocenters. The lowest BCUT2D eigenvalue weighted by molar-refractivity contribution is -0.275. The molecule has 1 unspecified atom stereocenters. The van der Waals surface area contributed by atoms with E-state index in [1.165, 1.54) is 18.2 Å². The quantitative estimate of drug-likeness (QED) is 0.264. The number of hydrogen-bond donors (Lipinski definition) is 0. The molecular weight excluding hydrogens is 473 g/mol. The number of halogens is 6. The molecule has 1 heterocycles. The van der Waals surface area contributed by atoms with Crippen LogP contribution in [0.4, 0.5) is 17.6 Å². The summed E-state index contributed by atoms with van der Waals surface area (Å²) in [6.45, 7) is 6.81. The van der Waals surface area contributed by atoms with Crippen LogP contribution >= 0.6 is 23.2 Å². The fourth-order valence-electron chi connectivity index (χ4n) is 3.25. The first-order chi connectivity index (χ1) is 14.6. The van der Waals surface area contributed by atoms with Gasteiger partial charge in [-0.15, -0.1) is 0 Å². The predicted octanol–water partition coefficient (Wildman–Crippen LogP) is 6.98. The summed E-state index contributed by atoms with van der Waals surface area (Å²) in [4.78, 5) is 17.3. The number of oxime groups is 1. The Morgan fingerprint density at radius 2 is 1.72 bits per heavy atom. The number of rotatable bonds is 3. The van der Waals surface area contributed by atoms with Crippen molar-refractivity contribution in [2.75, 3.05) is 0 Å². The lowest BCUT2D eigenvalue weighted by Gasteiger charge is -2.29. The molecule has 1 aliphatic heterocycles. The Balaban J connectivity index is 1.96. The Morgan fingerprint density at radius 1 is 1.12 bits per heavy atom. The van der Waals surface area contributed by atoms with Gasteiger partial charge in [-0.1, -0.05) is 34.4 Å². The van der Waals surface area contributed by atoms with E-state index in [9.17, 15) is 22.4 Å². The number of carbonyl (C=O) groups is 1. The molecule has 172 valence electrons. The second-order valence-electron chi connectivity index (χ2n) is 8.42. The summed E-state index contributed by atoms with van der Waals surface area (Å²) in [5.74, 6) is -1.58. The van der Waals surface area contributed by atoms with Crippen LogP contribution in [0.2, 0.25) is 10.0 Å². The number of benzene rings is 2. The summed E-state index contributed by atoms with van der Waals surface area (Å²) in [7, 11) is 0. The molecule has 0 spiro atoms. The van der Waals surface area contributed by atoms with E-state index in [4.69, 9.17) is 32.8 Å². The first-order valence-corrected chi connectivity index (χ1v) is 10.2. The van der Waals surface area contributed by atoms with E-state index in [0.717, 1.165) is 12.1 Å². The van der Waals surface area contributed by atoms with Gasteiger partial charge in [-0.05, 0) is 63.1 Å². The van der Waals surface area contributed by atoms with Crippen molar-refractivity contribution in [3.63, 3.8) is 0 Å². The molecule has 0 radical (unpaired) electrons. The molecule has 0 fully saturated rings. The van der Waals surface area contributed by atoms with Gasteiger partial charge in [0.15, 0.2) is 5.82 Å². The zero-order chi connectivity index (χ0) is 24.1. The molecule has 10 heteroatoms. The first-order valence-electron chi connectivity index (χ1n) is 9.46. The highest BCUT2D eigenvalue weighted by Crippen LogP contribution is 2.50. The zero-order valence-corrected chi connectivity index (χ0v) is 19.0. The summed E-state index contributed by atoms with van der Waals surface area (Å²) < 4.78 is 61.5. The van der Waals surface area contributed by atoms with Gasteiger partial charge in [0, 0.05) is 12.0 Å². The molecule has 0 amide bonds. The maximum Gasteiger partial charge on any atom is 0.435 e. The highest BCUT2D eigenvalue weighted by Gasteiger charge is 2.62. The van der Waals surface area contributed by atoms with Crippen LogP contribution in [0.5, 0.6) is 0 Å². The second kappa shape index (κ2) is 8.23. The molecule has 1 aliphatic rings. The van der Waals surface area contributed by atoms with Gasteiger partial charge in [0.25, 0.3) is 5.60 Å². The Bertz CT molecular complexity index is 1090. The first kappa shape index (κ1) is 24.3. The number of hydrogen-bond acceptors (Lipinski definition) is 4. The number of ether oxygens (including phenoxy) is 1. The maximum atomic E-state index is 14.1. The van der Waals surface area contributed by atoms with Gasteiger partial charge in [-0.3, -0.25) is 0 Å². The summed E-state index contributed by atoms with van der Waals surface area (Å²) >= 11 is 11.4. The minimum atomic E-state index is -4.91. The molecule has 3 rings (SSSR count). The van der Waals surface area contributed by atoms with Gasteiger partial charge >= 0.3 is 12.1 Å². The van der Waals surface area contributed by atoms with Crippen molar-refractivity contribution in [2.24, 2.45) is 5.16 Å². The van der Waals surface area contributed by atoms with Crippen LogP contribution < -0.4 is 0 Å². The average Bonchev–Trinajstić information content (AvgIpc) is 3.11. The van der Waals surface area contributed by atoms with Crippen molar-refractivity contribution < 1.29 is 31.9 Å². The zero-order valence-electron chi connectivity index (χ0n) is 17.5. The summed E-state index contributed by atoms with van der Waals surface area (Å²) in [6.07, 6.45) is -5.60. The Kier molecular flexibility index (Phi) is 6.25. The molecule has 2 aromatic rings. The Labute approximate surface area is 192 Å². The number of alkyl halides is 3. The third kappa shape index (κ3) is 4.57. The van der Waals surface area contributed by atoms with Gasteiger partial charge in [0.2, 0.25) is 0 Å². The molecule has 0 aliphatic carbocycles.